The third kappa shape index (κ3) is 14.6. The summed E-state index contributed by atoms with van der Waals surface area (Å²) in [5.41, 5.74) is 8.22. The van der Waals surface area contributed by atoms with Crippen molar-refractivity contribution in [2.75, 3.05) is 0 Å². The van der Waals surface area contributed by atoms with E-state index < -0.39 is 0 Å². The van der Waals surface area contributed by atoms with Crippen molar-refractivity contribution in [3.63, 3.8) is 0 Å². The molecule has 290 valence electrons. The Morgan fingerprint density at radius 2 is 0.902 bits per heavy atom. The van der Waals surface area contributed by atoms with E-state index in [-0.39, 0.29) is 94.9 Å². The van der Waals surface area contributed by atoms with Gasteiger partial charge in [-0.1, -0.05) is 87.1 Å². The van der Waals surface area contributed by atoms with Crippen LogP contribution in [-0.2, 0) is 33.9 Å². The van der Waals surface area contributed by atoms with Crippen molar-refractivity contribution in [2.45, 2.75) is 130 Å². The normalized spacial score (nSPS) is 19.0. The van der Waals surface area contributed by atoms with Gasteiger partial charge >= 0.3 is 21.1 Å². The fourth-order valence-corrected chi connectivity index (χ4v) is 7.30. The fourth-order valence-electron chi connectivity index (χ4n) is 7.30. The molecule has 8 N–H and O–H groups in total. The first-order chi connectivity index (χ1) is 21.9. The number of hydrogen-bond donors (Lipinski definition) is 4. The Hall–Kier alpha value is -2.79. The number of rotatable bonds is 12. The second-order valence-corrected chi connectivity index (χ2v) is 14.1. The average Bonchev–Trinajstić information content (AvgIpc) is 2.97. The van der Waals surface area contributed by atoms with E-state index in [1.165, 1.54) is 36.8 Å². The van der Waals surface area contributed by atoms with Crippen LogP contribution in [-0.4, -0.2) is 20.4 Å². The van der Waals surface area contributed by atoms with Crippen molar-refractivity contribution in [2.24, 2.45) is 11.8 Å². The van der Waals surface area contributed by atoms with Crippen LogP contribution in [0.5, 0.6) is 23.0 Å². The molecular weight excluding hydrogens is 816 g/mol. The van der Waals surface area contributed by atoms with Crippen molar-refractivity contribution in [3.8, 4) is 23.0 Å². The Morgan fingerprint density at radius 1 is 0.608 bits per heavy atom. The van der Waals surface area contributed by atoms with Crippen molar-refractivity contribution < 1.29 is 41.5 Å². The molecule has 0 amide bonds. The number of aromatic hydroxyl groups is 4. The van der Waals surface area contributed by atoms with Crippen LogP contribution in [0.4, 0.5) is 0 Å². The maximum absolute atomic E-state index is 10.5. The summed E-state index contributed by atoms with van der Waals surface area (Å²) in [4.78, 5) is 0. The Morgan fingerprint density at radius 3 is 1.16 bits per heavy atom. The van der Waals surface area contributed by atoms with E-state index in [1.807, 2.05) is 38.1 Å². The van der Waals surface area contributed by atoms with Gasteiger partial charge < -0.3 is 47.6 Å². The quantitative estimate of drug-likeness (QED) is 0.0954. The molecule has 0 saturated carbocycles. The Kier molecular flexibility index (Phi) is 26.0. The van der Waals surface area contributed by atoms with E-state index >= 15 is 0 Å². The van der Waals surface area contributed by atoms with Crippen LogP contribution in [0, 0.1) is 26.7 Å². The van der Waals surface area contributed by atoms with Gasteiger partial charge in [-0.25, -0.2) is 0 Å². The SMILES string of the molecule is C=C(C)C1CCC(C)=CC1c1c(O)cc(CCCCC)cc1O.C=C(C)C1CCC(C)=CC1c1c(O)cc(CCCCC)cc1O.[CH3-].[CH3-].[NH2-].[NH2-].[Pt+4]. The predicted octanol–water partition coefficient (Wildman–Crippen LogP) is 14.0. The van der Waals surface area contributed by atoms with E-state index in [4.69, 9.17) is 0 Å². The Labute approximate surface area is 326 Å². The predicted molar refractivity (Wildman–Crippen MR) is 217 cm³/mol. The third-order valence-electron chi connectivity index (χ3n) is 9.96. The second-order valence-electron chi connectivity index (χ2n) is 14.1. The fraction of sp³-hybridized carbons (Fsp3) is 0.500. The zero-order valence-corrected chi connectivity index (χ0v) is 35.2. The van der Waals surface area contributed by atoms with E-state index in [0.29, 0.717) is 11.1 Å². The van der Waals surface area contributed by atoms with Gasteiger partial charge in [-0.2, -0.15) is 0 Å². The van der Waals surface area contributed by atoms with Crippen molar-refractivity contribution >= 4 is 0 Å². The minimum atomic E-state index is 0. The molecule has 0 fully saturated rings. The molecule has 6 nitrogen and oxygen atoms in total. The maximum Gasteiger partial charge on any atom is 4.00 e. The van der Waals surface area contributed by atoms with Crippen LogP contribution in [0.2, 0.25) is 0 Å². The zero-order chi connectivity index (χ0) is 34.0. The molecule has 2 aromatic carbocycles. The molecule has 0 spiro atoms. The van der Waals surface area contributed by atoms with Gasteiger partial charge in [0.25, 0.3) is 0 Å². The summed E-state index contributed by atoms with van der Waals surface area (Å²) in [7, 11) is 0. The number of unbranched alkanes of at least 4 members (excludes halogenated alkanes) is 4. The summed E-state index contributed by atoms with van der Waals surface area (Å²) in [6.07, 6.45) is 17.2. The Balaban J connectivity index is -0.000000823. The topological polar surface area (TPSA) is 148 Å². The van der Waals surface area contributed by atoms with E-state index in [2.05, 4.69) is 53.0 Å². The number of phenolic OH excluding ortho intramolecular Hbond substituents is 4. The van der Waals surface area contributed by atoms with Gasteiger partial charge in [0, 0.05) is 23.0 Å². The third-order valence-corrected chi connectivity index (χ3v) is 9.96. The van der Waals surface area contributed by atoms with Gasteiger partial charge in [-0.15, -0.1) is 0 Å². The molecule has 0 aliphatic heterocycles. The first-order valence-electron chi connectivity index (χ1n) is 17.6. The van der Waals surface area contributed by atoms with Crippen LogP contribution >= 0.6 is 0 Å². The second kappa shape index (κ2) is 25.2. The van der Waals surface area contributed by atoms with Gasteiger partial charge in [0.05, 0.1) is 0 Å². The summed E-state index contributed by atoms with van der Waals surface area (Å²) in [5.74, 6) is 1.48. The van der Waals surface area contributed by atoms with Crippen LogP contribution < -0.4 is 0 Å². The van der Waals surface area contributed by atoms with Crippen molar-refractivity contribution in [3.05, 3.63) is 121 Å². The molecule has 2 aromatic rings. The van der Waals surface area contributed by atoms with E-state index in [1.54, 1.807) is 0 Å². The smallest absolute Gasteiger partial charge is 0.693 e. The zero-order valence-electron chi connectivity index (χ0n) is 32.9. The summed E-state index contributed by atoms with van der Waals surface area (Å²) in [6, 6.07) is 7.33. The maximum atomic E-state index is 10.5. The molecule has 2 aliphatic carbocycles. The first kappa shape index (κ1) is 52.6. The molecule has 4 atom stereocenters. The standard InChI is InChI=1S/2C21H30O2.2CH3.2H2N.Pt/c2*1-5-6-7-8-16-12-19(22)21(20(23)13-16)18-11-15(4)9-10-17(18)14(2)3;;;;;/h2*11-13,17-18,22-23H,2,5-10H2,1,3-4H3;2*1H3;2*1H2;/q;;4*-1;+4. The molecule has 0 bridgehead atoms. The molecular formula is C44H70N2O4Pt. The van der Waals surface area contributed by atoms with Crippen molar-refractivity contribution in [1.82, 2.24) is 0 Å². The average molecular weight is 886 g/mol. The monoisotopic (exact) mass is 885 g/mol. The Bertz CT molecular complexity index is 1280. The van der Waals surface area contributed by atoms with E-state index in [9.17, 15) is 20.4 Å². The van der Waals surface area contributed by atoms with Crippen LogP contribution in [0.15, 0.2) is 71.9 Å². The minimum Gasteiger partial charge on any atom is -0.693 e. The van der Waals surface area contributed by atoms with Crippen LogP contribution in [0.1, 0.15) is 140 Å². The molecule has 0 saturated heterocycles. The number of allylic oxidation sites excluding steroid dienone is 6. The number of nitrogens with two attached hydrogens (primary N) is 2. The number of aryl methyl sites for hydroxylation is 2. The summed E-state index contributed by atoms with van der Waals surface area (Å²) in [5, 5.41) is 42.2. The summed E-state index contributed by atoms with van der Waals surface area (Å²) >= 11 is 0. The van der Waals surface area contributed by atoms with Gasteiger partial charge in [0.2, 0.25) is 0 Å². The molecule has 51 heavy (non-hydrogen) atoms. The van der Waals surface area contributed by atoms with Gasteiger partial charge in [-0.3, -0.25) is 0 Å². The number of benzene rings is 2. The van der Waals surface area contributed by atoms with Crippen LogP contribution in [0.3, 0.4) is 0 Å². The number of hydrogen-bond acceptors (Lipinski definition) is 4. The summed E-state index contributed by atoms with van der Waals surface area (Å²) < 4.78 is 0. The van der Waals surface area contributed by atoms with Gasteiger partial charge in [-0.05, 0) is 126 Å². The molecule has 0 heterocycles. The summed E-state index contributed by atoms with van der Waals surface area (Å²) in [6.45, 7) is 20.9. The molecule has 7 heteroatoms. The molecule has 0 radical (unpaired) electrons. The largest absolute Gasteiger partial charge is 4.00 e. The molecule has 2 aliphatic rings. The van der Waals surface area contributed by atoms with Gasteiger partial charge in [0.15, 0.2) is 0 Å². The first-order valence-corrected chi connectivity index (χ1v) is 17.6. The molecule has 0 aromatic heterocycles. The van der Waals surface area contributed by atoms with E-state index in [0.717, 1.165) is 73.6 Å². The van der Waals surface area contributed by atoms with Gasteiger partial charge in [0.1, 0.15) is 23.0 Å². The van der Waals surface area contributed by atoms with Crippen molar-refractivity contribution in [1.29, 1.82) is 0 Å². The molecule has 4 rings (SSSR count). The minimum absolute atomic E-state index is 0. The molecule has 4 unspecified atom stereocenters. The van der Waals surface area contributed by atoms with Crippen LogP contribution in [0.25, 0.3) is 12.3 Å². The number of phenols is 4.